The Morgan fingerprint density at radius 2 is 1.83 bits per heavy atom. The Labute approximate surface area is 169 Å². The van der Waals surface area contributed by atoms with Crippen LogP contribution < -0.4 is 4.74 Å². The number of aryl methyl sites for hydroxylation is 1. The highest BCUT2D eigenvalue weighted by Crippen LogP contribution is 2.35. The number of rotatable bonds is 5. The van der Waals surface area contributed by atoms with E-state index >= 15 is 0 Å². The lowest BCUT2D eigenvalue weighted by molar-refractivity contribution is 0.101. The van der Waals surface area contributed by atoms with Crippen molar-refractivity contribution in [2.75, 3.05) is 6.61 Å². The normalized spacial score (nSPS) is 10.9. The molecule has 5 nitrogen and oxygen atoms in total. The van der Waals surface area contributed by atoms with Crippen LogP contribution in [0, 0.1) is 6.92 Å². The van der Waals surface area contributed by atoms with Crippen molar-refractivity contribution in [3.63, 3.8) is 0 Å². The molecule has 0 spiro atoms. The summed E-state index contributed by atoms with van der Waals surface area (Å²) >= 11 is 0. The highest BCUT2D eigenvalue weighted by molar-refractivity contribution is 6.08. The SMILES string of the molecule is CCOc1ccc(-c2cc3c(C(C)=O)cc(C)cc3nc2-c2ccncc2)cn1. The van der Waals surface area contributed by atoms with E-state index in [0.717, 1.165) is 38.9 Å². The van der Waals surface area contributed by atoms with Gasteiger partial charge in [-0.2, -0.15) is 0 Å². The number of ether oxygens (including phenoxy) is 1. The highest BCUT2D eigenvalue weighted by Gasteiger charge is 2.16. The Bertz CT molecular complexity index is 1190. The topological polar surface area (TPSA) is 65.0 Å². The van der Waals surface area contributed by atoms with Gasteiger partial charge in [-0.1, -0.05) is 0 Å². The number of hydrogen-bond donors (Lipinski definition) is 0. The quantitative estimate of drug-likeness (QED) is 0.439. The second-order valence-electron chi connectivity index (χ2n) is 6.87. The van der Waals surface area contributed by atoms with E-state index < -0.39 is 0 Å². The maximum absolute atomic E-state index is 12.3. The third kappa shape index (κ3) is 3.72. The number of pyridine rings is 3. The molecule has 0 N–H and O–H groups in total. The second kappa shape index (κ2) is 7.80. The van der Waals surface area contributed by atoms with Crippen LogP contribution in [-0.4, -0.2) is 27.3 Å². The molecule has 0 bridgehead atoms. The highest BCUT2D eigenvalue weighted by atomic mass is 16.5. The molecule has 4 rings (SSSR count). The molecule has 0 aliphatic rings. The van der Waals surface area contributed by atoms with Crippen molar-refractivity contribution in [3.05, 3.63) is 72.2 Å². The third-order valence-corrected chi connectivity index (χ3v) is 4.75. The van der Waals surface area contributed by atoms with Gasteiger partial charge in [0, 0.05) is 52.3 Å². The van der Waals surface area contributed by atoms with Crippen molar-refractivity contribution < 1.29 is 9.53 Å². The molecule has 0 radical (unpaired) electrons. The van der Waals surface area contributed by atoms with E-state index in [4.69, 9.17) is 9.72 Å². The average Bonchev–Trinajstić information content (AvgIpc) is 2.73. The van der Waals surface area contributed by atoms with Gasteiger partial charge in [-0.3, -0.25) is 9.78 Å². The summed E-state index contributed by atoms with van der Waals surface area (Å²) in [7, 11) is 0. The summed E-state index contributed by atoms with van der Waals surface area (Å²) in [6.07, 6.45) is 5.28. The summed E-state index contributed by atoms with van der Waals surface area (Å²) in [5.74, 6) is 0.600. The molecule has 0 unspecified atom stereocenters. The minimum atomic E-state index is 0.0212. The van der Waals surface area contributed by atoms with Crippen molar-refractivity contribution in [2.24, 2.45) is 0 Å². The standard InChI is InChI=1S/C24H21N3O2/c1-4-29-23-6-5-18(14-26-23)20-13-21-19(16(3)28)11-15(2)12-22(21)27-24(20)17-7-9-25-10-8-17/h5-14H,4H2,1-3H3. The van der Waals surface area contributed by atoms with Crippen LogP contribution in [0.3, 0.4) is 0 Å². The monoisotopic (exact) mass is 383 g/mol. The van der Waals surface area contributed by atoms with E-state index in [1.807, 2.05) is 56.3 Å². The first-order valence-corrected chi connectivity index (χ1v) is 9.52. The maximum Gasteiger partial charge on any atom is 0.213 e. The molecule has 29 heavy (non-hydrogen) atoms. The number of benzene rings is 1. The predicted octanol–water partition coefficient (Wildman–Crippen LogP) is 5.27. The molecule has 5 heteroatoms. The van der Waals surface area contributed by atoms with E-state index in [1.165, 1.54) is 0 Å². The minimum absolute atomic E-state index is 0.0212. The summed E-state index contributed by atoms with van der Waals surface area (Å²) in [5, 5.41) is 0.838. The molecule has 0 aliphatic heterocycles. The summed E-state index contributed by atoms with van der Waals surface area (Å²) in [5.41, 5.74) is 6.07. The molecule has 144 valence electrons. The molecule has 0 saturated heterocycles. The van der Waals surface area contributed by atoms with Crippen LogP contribution in [0.25, 0.3) is 33.3 Å². The van der Waals surface area contributed by atoms with E-state index in [0.29, 0.717) is 18.1 Å². The average molecular weight is 383 g/mol. The van der Waals surface area contributed by atoms with Gasteiger partial charge in [0.05, 0.1) is 17.8 Å². The number of aromatic nitrogens is 3. The van der Waals surface area contributed by atoms with Gasteiger partial charge >= 0.3 is 0 Å². The molecule has 0 saturated carbocycles. The molecule has 4 aromatic rings. The van der Waals surface area contributed by atoms with Crippen molar-refractivity contribution in [1.29, 1.82) is 0 Å². The van der Waals surface area contributed by atoms with E-state index in [2.05, 4.69) is 9.97 Å². The van der Waals surface area contributed by atoms with Crippen molar-refractivity contribution in [3.8, 4) is 28.3 Å². The number of carbonyl (C=O) groups excluding carboxylic acids is 1. The van der Waals surface area contributed by atoms with Crippen molar-refractivity contribution >= 4 is 16.7 Å². The van der Waals surface area contributed by atoms with Crippen molar-refractivity contribution in [2.45, 2.75) is 20.8 Å². The Morgan fingerprint density at radius 3 is 2.48 bits per heavy atom. The first kappa shape index (κ1) is 18.7. The second-order valence-corrected chi connectivity index (χ2v) is 6.87. The number of nitrogens with zero attached hydrogens (tertiary/aromatic N) is 3. The molecule has 3 aromatic heterocycles. The molecular weight excluding hydrogens is 362 g/mol. The Hall–Kier alpha value is -3.60. The number of fused-ring (bicyclic) bond motifs is 1. The van der Waals surface area contributed by atoms with Gasteiger partial charge in [0.25, 0.3) is 0 Å². The Balaban J connectivity index is 2.00. The number of hydrogen-bond acceptors (Lipinski definition) is 5. The van der Waals surface area contributed by atoms with Crippen LogP contribution in [0.2, 0.25) is 0 Å². The number of carbonyl (C=O) groups is 1. The summed E-state index contributed by atoms with van der Waals surface area (Å²) in [6.45, 7) is 6.05. The van der Waals surface area contributed by atoms with Gasteiger partial charge in [0.2, 0.25) is 5.88 Å². The van der Waals surface area contributed by atoms with Crippen LogP contribution in [0.15, 0.2) is 61.1 Å². The molecule has 0 amide bonds. The van der Waals surface area contributed by atoms with Crippen LogP contribution in [0.1, 0.15) is 29.8 Å². The summed E-state index contributed by atoms with van der Waals surface area (Å²) in [6, 6.07) is 13.6. The van der Waals surface area contributed by atoms with Gasteiger partial charge in [-0.15, -0.1) is 0 Å². The van der Waals surface area contributed by atoms with Crippen molar-refractivity contribution in [1.82, 2.24) is 15.0 Å². The third-order valence-electron chi connectivity index (χ3n) is 4.75. The smallest absolute Gasteiger partial charge is 0.213 e. The minimum Gasteiger partial charge on any atom is -0.478 e. The van der Waals surface area contributed by atoms with Gasteiger partial charge in [0.15, 0.2) is 5.78 Å². The van der Waals surface area contributed by atoms with Crippen LogP contribution in [0.5, 0.6) is 5.88 Å². The summed E-state index contributed by atoms with van der Waals surface area (Å²) in [4.78, 5) is 25.7. The Kier molecular flexibility index (Phi) is 5.04. The first-order chi connectivity index (χ1) is 14.1. The van der Waals surface area contributed by atoms with E-state index in [9.17, 15) is 4.79 Å². The number of ketones is 1. The van der Waals surface area contributed by atoms with Crippen LogP contribution in [0.4, 0.5) is 0 Å². The zero-order valence-corrected chi connectivity index (χ0v) is 16.6. The summed E-state index contributed by atoms with van der Waals surface area (Å²) < 4.78 is 5.47. The lowest BCUT2D eigenvalue weighted by Gasteiger charge is -2.14. The van der Waals surface area contributed by atoms with Gasteiger partial charge in [-0.05, 0) is 62.7 Å². The molecule has 1 aromatic carbocycles. The first-order valence-electron chi connectivity index (χ1n) is 9.52. The van der Waals surface area contributed by atoms with Gasteiger partial charge in [0.1, 0.15) is 0 Å². The Morgan fingerprint density at radius 1 is 1.03 bits per heavy atom. The molecular formula is C24H21N3O2. The van der Waals surface area contributed by atoms with Gasteiger partial charge in [-0.25, -0.2) is 9.97 Å². The molecule has 0 fully saturated rings. The molecule has 3 heterocycles. The lowest BCUT2D eigenvalue weighted by Crippen LogP contribution is -1.99. The van der Waals surface area contributed by atoms with E-state index in [-0.39, 0.29) is 5.78 Å². The van der Waals surface area contributed by atoms with Gasteiger partial charge < -0.3 is 4.74 Å². The zero-order chi connectivity index (χ0) is 20.4. The van der Waals surface area contributed by atoms with Crippen LogP contribution in [-0.2, 0) is 0 Å². The number of Topliss-reactive ketones (excluding diaryl/α,β-unsaturated/α-hetero) is 1. The predicted molar refractivity (Wildman–Crippen MR) is 114 cm³/mol. The fourth-order valence-electron chi connectivity index (χ4n) is 3.43. The maximum atomic E-state index is 12.3. The molecule has 0 aliphatic carbocycles. The lowest BCUT2D eigenvalue weighted by atomic mass is 9.95. The fourth-order valence-corrected chi connectivity index (χ4v) is 3.43. The zero-order valence-electron chi connectivity index (χ0n) is 16.6. The molecule has 0 atom stereocenters. The fraction of sp³-hybridized carbons (Fsp3) is 0.167. The largest absolute Gasteiger partial charge is 0.478 e. The van der Waals surface area contributed by atoms with Crippen LogP contribution >= 0.6 is 0 Å². The van der Waals surface area contributed by atoms with E-state index in [1.54, 1.807) is 25.5 Å².